The molecule has 1 fully saturated rings. The Kier molecular flexibility index (Phi) is 2.97. The molecule has 0 spiro atoms. The Morgan fingerprint density at radius 3 is 2.75 bits per heavy atom. The predicted octanol–water partition coefficient (Wildman–Crippen LogP) is 1.95. The lowest BCUT2D eigenvalue weighted by Crippen LogP contribution is -2.22. The van der Waals surface area contributed by atoms with Crippen molar-refractivity contribution in [1.29, 1.82) is 0 Å². The molecule has 86 valence electrons. The highest BCUT2D eigenvalue weighted by Crippen LogP contribution is 2.39. The maximum Gasteiger partial charge on any atom is 0.338 e. The molecule has 2 atom stereocenters. The zero-order valence-electron chi connectivity index (χ0n) is 9.60. The van der Waals surface area contributed by atoms with E-state index in [2.05, 4.69) is 0 Å². The van der Waals surface area contributed by atoms with E-state index in [-0.39, 0.29) is 11.6 Å². The first-order chi connectivity index (χ1) is 7.65. The zero-order chi connectivity index (χ0) is 11.6. The summed E-state index contributed by atoms with van der Waals surface area (Å²) in [5.41, 5.74) is 0.796. The van der Waals surface area contributed by atoms with Crippen LogP contribution in [-0.4, -0.2) is 24.3 Å². The van der Waals surface area contributed by atoms with E-state index in [9.17, 15) is 4.79 Å². The molecule has 1 heterocycles. The van der Waals surface area contributed by atoms with Crippen molar-refractivity contribution in [2.45, 2.75) is 32.0 Å². The van der Waals surface area contributed by atoms with Crippen LogP contribution in [0.5, 0.6) is 0 Å². The van der Waals surface area contributed by atoms with Gasteiger partial charge in [0.25, 0.3) is 0 Å². The fourth-order valence-electron chi connectivity index (χ4n) is 1.89. The average Bonchev–Trinajstić information content (AvgIpc) is 2.92. The van der Waals surface area contributed by atoms with Crippen LogP contribution >= 0.6 is 0 Å². The van der Waals surface area contributed by atoms with Crippen molar-refractivity contribution in [3.63, 3.8) is 0 Å². The fraction of sp³-hybridized carbons (Fsp3) is 0.462. The highest BCUT2D eigenvalue weighted by molar-refractivity contribution is 5.79. The van der Waals surface area contributed by atoms with Crippen molar-refractivity contribution < 1.29 is 14.3 Å². The van der Waals surface area contributed by atoms with Crippen LogP contribution in [0.3, 0.4) is 0 Å². The van der Waals surface area contributed by atoms with Gasteiger partial charge in [-0.05, 0) is 19.4 Å². The summed E-state index contributed by atoms with van der Waals surface area (Å²) in [7, 11) is 0. The van der Waals surface area contributed by atoms with E-state index >= 15 is 0 Å². The van der Waals surface area contributed by atoms with Gasteiger partial charge in [0.1, 0.15) is 5.60 Å². The van der Waals surface area contributed by atoms with Crippen LogP contribution < -0.4 is 0 Å². The molecule has 0 amide bonds. The highest BCUT2D eigenvalue weighted by Gasteiger charge is 2.57. The zero-order valence-corrected chi connectivity index (χ0v) is 9.60. The molecule has 1 aliphatic rings. The van der Waals surface area contributed by atoms with Crippen molar-refractivity contribution >= 4 is 5.97 Å². The molecule has 0 aliphatic carbocycles. The van der Waals surface area contributed by atoms with Gasteiger partial charge in [-0.3, -0.25) is 0 Å². The molecule has 1 aromatic rings. The summed E-state index contributed by atoms with van der Waals surface area (Å²) in [6.45, 7) is 4.15. The third-order valence-corrected chi connectivity index (χ3v) is 2.78. The number of carbonyl (C=O) groups excluding carboxylic acids is 1. The molecule has 2 rings (SSSR count). The minimum Gasteiger partial charge on any atom is -0.464 e. The minimum absolute atomic E-state index is 0.249. The van der Waals surface area contributed by atoms with Crippen LogP contribution in [0.2, 0.25) is 0 Å². The third kappa shape index (κ3) is 2.25. The molecule has 0 saturated carbocycles. The van der Waals surface area contributed by atoms with Gasteiger partial charge >= 0.3 is 5.97 Å². The lowest BCUT2D eigenvalue weighted by molar-refractivity contribution is -0.144. The number of hydrogen-bond acceptors (Lipinski definition) is 3. The average molecular weight is 220 g/mol. The molecule has 0 bridgehead atoms. The Morgan fingerprint density at radius 1 is 1.44 bits per heavy atom. The quantitative estimate of drug-likeness (QED) is 0.575. The Morgan fingerprint density at radius 2 is 2.12 bits per heavy atom. The number of hydrogen-bond donors (Lipinski definition) is 0. The third-order valence-electron chi connectivity index (χ3n) is 2.78. The number of benzene rings is 1. The second-order valence-corrected chi connectivity index (χ2v) is 4.22. The van der Waals surface area contributed by atoms with Gasteiger partial charge < -0.3 is 9.47 Å². The smallest absolute Gasteiger partial charge is 0.338 e. The molecule has 2 unspecified atom stereocenters. The van der Waals surface area contributed by atoms with Gasteiger partial charge in [-0.15, -0.1) is 0 Å². The van der Waals surface area contributed by atoms with Gasteiger partial charge in [0.05, 0.1) is 6.61 Å². The molecular formula is C13H16O3. The van der Waals surface area contributed by atoms with Crippen LogP contribution in [0.25, 0.3) is 0 Å². The minimum atomic E-state index is -0.396. The van der Waals surface area contributed by atoms with Crippen molar-refractivity contribution in [1.82, 2.24) is 0 Å². The van der Waals surface area contributed by atoms with Gasteiger partial charge in [0.2, 0.25) is 0 Å². The van der Waals surface area contributed by atoms with Crippen LogP contribution in [-0.2, 0) is 20.7 Å². The summed E-state index contributed by atoms with van der Waals surface area (Å²) >= 11 is 0. The first-order valence-corrected chi connectivity index (χ1v) is 5.54. The van der Waals surface area contributed by atoms with Gasteiger partial charge in [-0.1, -0.05) is 30.3 Å². The lowest BCUT2D eigenvalue weighted by Gasteiger charge is -2.06. The maximum absolute atomic E-state index is 11.5. The first kappa shape index (κ1) is 11.1. The Bertz CT molecular complexity index is 374. The fourth-order valence-corrected chi connectivity index (χ4v) is 1.89. The molecule has 0 aromatic heterocycles. The molecule has 0 radical (unpaired) electrons. The number of epoxide rings is 1. The lowest BCUT2D eigenvalue weighted by atomic mass is 9.98. The van der Waals surface area contributed by atoms with E-state index < -0.39 is 6.10 Å². The van der Waals surface area contributed by atoms with E-state index in [4.69, 9.17) is 9.47 Å². The van der Waals surface area contributed by atoms with Crippen LogP contribution in [0.1, 0.15) is 19.4 Å². The maximum atomic E-state index is 11.5. The molecule has 16 heavy (non-hydrogen) atoms. The Balaban J connectivity index is 1.95. The number of ether oxygens (including phenoxy) is 2. The van der Waals surface area contributed by atoms with Crippen molar-refractivity contribution in [3.8, 4) is 0 Å². The largest absolute Gasteiger partial charge is 0.464 e. The molecule has 1 aliphatic heterocycles. The molecule has 3 heteroatoms. The van der Waals surface area contributed by atoms with Crippen LogP contribution in [0.4, 0.5) is 0 Å². The highest BCUT2D eigenvalue weighted by atomic mass is 16.7. The SMILES string of the molecule is CCOC(=O)C1OC1(C)Cc1ccccc1. The molecule has 3 nitrogen and oxygen atoms in total. The molecule has 0 N–H and O–H groups in total. The summed E-state index contributed by atoms with van der Waals surface area (Å²) < 4.78 is 10.4. The standard InChI is InChI=1S/C13H16O3/c1-3-15-12(14)11-13(2,16-11)9-10-7-5-4-6-8-10/h4-8,11H,3,9H2,1-2H3. The van der Waals surface area contributed by atoms with E-state index in [1.807, 2.05) is 37.3 Å². The number of carbonyl (C=O) groups is 1. The summed E-state index contributed by atoms with van der Waals surface area (Å²) in [6.07, 6.45) is 0.352. The van der Waals surface area contributed by atoms with E-state index in [0.717, 1.165) is 6.42 Å². The van der Waals surface area contributed by atoms with Gasteiger partial charge in [-0.25, -0.2) is 4.79 Å². The van der Waals surface area contributed by atoms with Crippen LogP contribution in [0.15, 0.2) is 30.3 Å². The first-order valence-electron chi connectivity index (χ1n) is 5.54. The summed E-state index contributed by atoms with van der Waals surface area (Å²) in [5.74, 6) is -0.249. The normalized spacial score (nSPS) is 27.5. The number of rotatable bonds is 4. The molecular weight excluding hydrogens is 204 g/mol. The monoisotopic (exact) mass is 220 g/mol. The van der Waals surface area contributed by atoms with Gasteiger partial charge in [0.15, 0.2) is 6.10 Å². The van der Waals surface area contributed by atoms with Crippen LogP contribution in [0, 0.1) is 0 Å². The predicted molar refractivity (Wildman–Crippen MR) is 60.1 cm³/mol. The van der Waals surface area contributed by atoms with Gasteiger partial charge in [-0.2, -0.15) is 0 Å². The van der Waals surface area contributed by atoms with Gasteiger partial charge in [0, 0.05) is 6.42 Å². The summed E-state index contributed by atoms with van der Waals surface area (Å²) in [6, 6.07) is 10.0. The molecule has 1 aromatic carbocycles. The Hall–Kier alpha value is -1.35. The van der Waals surface area contributed by atoms with Crippen molar-refractivity contribution in [2.24, 2.45) is 0 Å². The topological polar surface area (TPSA) is 38.8 Å². The summed E-state index contributed by atoms with van der Waals surface area (Å²) in [4.78, 5) is 11.5. The second kappa shape index (κ2) is 4.26. The molecule has 1 saturated heterocycles. The van der Waals surface area contributed by atoms with E-state index in [1.165, 1.54) is 5.56 Å². The Labute approximate surface area is 95.4 Å². The van der Waals surface area contributed by atoms with Crippen molar-refractivity contribution in [3.05, 3.63) is 35.9 Å². The number of esters is 1. The van der Waals surface area contributed by atoms with E-state index in [1.54, 1.807) is 6.92 Å². The van der Waals surface area contributed by atoms with Crippen molar-refractivity contribution in [2.75, 3.05) is 6.61 Å². The van der Waals surface area contributed by atoms with E-state index in [0.29, 0.717) is 6.61 Å². The summed E-state index contributed by atoms with van der Waals surface area (Å²) in [5, 5.41) is 0. The second-order valence-electron chi connectivity index (χ2n) is 4.22.